The fourth-order valence-corrected chi connectivity index (χ4v) is 1.94. The normalized spacial score (nSPS) is 12.0. The molecule has 0 aliphatic carbocycles. The van der Waals surface area contributed by atoms with Gasteiger partial charge >= 0.3 is 0 Å². The van der Waals surface area contributed by atoms with E-state index in [2.05, 4.69) is 5.32 Å². The van der Waals surface area contributed by atoms with Crippen molar-refractivity contribution in [2.45, 2.75) is 13.0 Å². The number of ether oxygens (including phenoxy) is 1. The lowest BCUT2D eigenvalue weighted by molar-refractivity contribution is 0.410. The van der Waals surface area contributed by atoms with Gasteiger partial charge in [0, 0.05) is 5.56 Å². The molecule has 2 rings (SSSR count). The van der Waals surface area contributed by atoms with E-state index in [1.54, 1.807) is 19.1 Å². The summed E-state index contributed by atoms with van der Waals surface area (Å²) in [5, 5.41) is 12.6. The van der Waals surface area contributed by atoms with Crippen LogP contribution >= 0.6 is 0 Å². The molecule has 20 heavy (non-hydrogen) atoms. The van der Waals surface area contributed by atoms with Crippen molar-refractivity contribution in [3.63, 3.8) is 0 Å². The van der Waals surface area contributed by atoms with Crippen LogP contribution in [0.3, 0.4) is 0 Å². The molecule has 106 valence electrons. The maximum Gasteiger partial charge on any atom is 0.149 e. The van der Waals surface area contributed by atoms with Gasteiger partial charge in [0.25, 0.3) is 0 Å². The molecule has 5 heteroatoms. The van der Waals surface area contributed by atoms with Gasteiger partial charge in [-0.15, -0.1) is 0 Å². The third-order valence-electron chi connectivity index (χ3n) is 3.02. The number of anilines is 1. The first-order valence-corrected chi connectivity index (χ1v) is 6.10. The molecule has 0 aromatic heterocycles. The van der Waals surface area contributed by atoms with Crippen molar-refractivity contribution >= 4 is 5.69 Å². The van der Waals surface area contributed by atoms with Crippen molar-refractivity contribution in [2.75, 3.05) is 12.4 Å². The minimum Gasteiger partial charge on any atom is -0.508 e. The van der Waals surface area contributed by atoms with Gasteiger partial charge in [0.1, 0.15) is 28.8 Å². The lowest BCUT2D eigenvalue weighted by atomic mass is 10.1. The first-order valence-electron chi connectivity index (χ1n) is 6.10. The van der Waals surface area contributed by atoms with Crippen LogP contribution in [0.4, 0.5) is 14.5 Å². The number of nitrogens with one attached hydrogen (secondary N) is 1. The van der Waals surface area contributed by atoms with Crippen molar-refractivity contribution in [1.82, 2.24) is 0 Å². The highest BCUT2D eigenvalue weighted by atomic mass is 19.1. The Bertz CT molecular complexity index is 597. The van der Waals surface area contributed by atoms with Gasteiger partial charge in [-0.2, -0.15) is 0 Å². The number of rotatable bonds is 4. The quantitative estimate of drug-likeness (QED) is 0.893. The second-order valence-electron chi connectivity index (χ2n) is 4.39. The molecule has 0 bridgehead atoms. The molecule has 0 fully saturated rings. The molecule has 2 aromatic carbocycles. The number of hydrogen-bond donors (Lipinski definition) is 2. The summed E-state index contributed by atoms with van der Waals surface area (Å²) < 4.78 is 32.2. The average molecular weight is 279 g/mol. The summed E-state index contributed by atoms with van der Waals surface area (Å²) in [6.45, 7) is 1.69. The van der Waals surface area contributed by atoms with Crippen LogP contribution in [0.1, 0.15) is 18.5 Å². The van der Waals surface area contributed by atoms with Crippen LogP contribution in [0.5, 0.6) is 11.5 Å². The number of hydrogen-bond acceptors (Lipinski definition) is 3. The summed E-state index contributed by atoms with van der Waals surface area (Å²) in [5.41, 5.74) is 0.272. The van der Waals surface area contributed by atoms with Gasteiger partial charge < -0.3 is 15.2 Å². The molecule has 0 heterocycles. The van der Waals surface area contributed by atoms with Crippen molar-refractivity contribution in [3.8, 4) is 11.5 Å². The Morgan fingerprint density at radius 1 is 1.15 bits per heavy atom. The molecule has 0 spiro atoms. The topological polar surface area (TPSA) is 41.5 Å². The van der Waals surface area contributed by atoms with Crippen LogP contribution in [0.25, 0.3) is 0 Å². The van der Waals surface area contributed by atoms with Gasteiger partial charge in [0.15, 0.2) is 0 Å². The third kappa shape index (κ3) is 2.82. The Hall–Kier alpha value is -2.30. The van der Waals surface area contributed by atoms with E-state index >= 15 is 0 Å². The molecule has 0 saturated heterocycles. The van der Waals surface area contributed by atoms with Crippen LogP contribution in [0.15, 0.2) is 36.4 Å². The van der Waals surface area contributed by atoms with E-state index in [0.717, 1.165) is 0 Å². The van der Waals surface area contributed by atoms with E-state index in [-0.39, 0.29) is 11.4 Å². The zero-order chi connectivity index (χ0) is 14.7. The molecule has 0 radical (unpaired) electrons. The predicted molar refractivity (Wildman–Crippen MR) is 73.1 cm³/mol. The monoisotopic (exact) mass is 279 g/mol. The second-order valence-corrected chi connectivity index (χ2v) is 4.39. The van der Waals surface area contributed by atoms with Crippen LogP contribution in [-0.2, 0) is 0 Å². The highest BCUT2D eigenvalue weighted by Gasteiger charge is 2.15. The molecule has 2 aromatic rings. The minimum absolute atomic E-state index is 0.0301. The fourth-order valence-electron chi connectivity index (χ4n) is 1.94. The molecule has 0 aliphatic heterocycles. The zero-order valence-corrected chi connectivity index (χ0v) is 11.2. The van der Waals surface area contributed by atoms with Crippen molar-refractivity contribution < 1.29 is 18.6 Å². The average Bonchev–Trinajstić information content (AvgIpc) is 2.43. The second kappa shape index (κ2) is 5.77. The molecule has 0 amide bonds. The summed E-state index contributed by atoms with van der Waals surface area (Å²) in [5.74, 6) is -0.776. The van der Waals surface area contributed by atoms with Gasteiger partial charge in [-0.3, -0.25) is 0 Å². The lowest BCUT2D eigenvalue weighted by Crippen LogP contribution is -2.10. The van der Waals surface area contributed by atoms with E-state index < -0.39 is 17.7 Å². The third-order valence-corrected chi connectivity index (χ3v) is 3.02. The Morgan fingerprint density at radius 3 is 2.40 bits per heavy atom. The van der Waals surface area contributed by atoms with Crippen LogP contribution in [0, 0.1) is 11.6 Å². The Morgan fingerprint density at radius 2 is 1.80 bits per heavy atom. The molecular weight excluding hydrogens is 264 g/mol. The van der Waals surface area contributed by atoms with Gasteiger partial charge in [-0.05, 0) is 37.3 Å². The number of phenolic OH excluding ortho intramolecular Hbond substituents is 1. The van der Waals surface area contributed by atoms with Crippen molar-refractivity contribution in [2.24, 2.45) is 0 Å². The molecule has 1 atom stereocenters. The van der Waals surface area contributed by atoms with Gasteiger partial charge in [0.2, 0.25) is 0 Å². The maximum absolute atomic E-state index is 13.6. The number of para-hydroxylation sites is 1. The molecule has 0 saturated carbocycles. The molecular formula is C15H15F2NO2. The predicted octanol–water partition coefficient (Wildman–Crippen LogP) is 3.85. The molecule has 0 aliphatic rings. The minimum atomic E-state index is -0.681. The maximum atomic E-state index is 13.6. The zero-order valence-electron chi connectivity index (χ0n) is 11.2. The van der Waals surface area contributed by atoms with Gasteiger partial charge in [-0.25, -0.2) is 8.78 Å². The van der Waals surface area contributed by atoms with Crippen LogP contribution in [-0.4, -0.2) is 12.2 Å². The smallest absolute Gasteiger partial charge is 0.149 e. The van der Waals surface area contributed by atoms with Gasteiger partial charge in [0.05, 0.1) is 13.2 Å². The van der Waals surface area contributed by atoms with Crippen molar-refractivity contribution in [3.05, 3.63) is 53.6 Å². The largest absolute Gasteiger partial charge is 0.508 e. The molecule has 1 unspecified atom stereocenters. The van der Waals surface area contributed by atoms with E-state index in [0.29, 0.717) is 11.3 Å². The standard InChI is InChI=1S/C15H15F2NO2/c1-9(11-8-10(20-2)6-7-14(11)19)18-15-12(16)4-3-5-13(15)17/h3-9,18-19H,1-2H3. The number of aromatic hydroxyl groups is 1. The summed E-state index contributed by atoms with van der Waals surface area (Å²) in [7, 11) is 1.50. The highest BCUT2D eigenvalue weighted by molar-refractivity contribution is 5.50. The molecule has 3 nitrogen and oxygen atoms in total. The fraction of sp³-hybridized carbons (Fsp3) is 0.200. The summed E-state index contributed by atoms with van der Waals surface area (Å²) in [4.78, 5) is 0. The Labute approximate surface area is 115 Å². The number of benzene rings is 2. The summed E-state index contributed by atoms with van der Waals surface area (Å²) in [6.07, 6.45) is 0. The van der Waals surface area contributed by atoms with E-state index in [1.807, 2.05) is 0 Å². The SMILES string of the molecule is COc1ccc(O)c(C(C)Nc2c(F)cccc2F)c1. The van der Waals surface area contributed by atoms with Gasteiger partial charge in [-0.1, -0.05) is 6.07 Å². The number of halogens is 2. The summed E-state index contributed by atoms with van der Waals surface area (Å²) >= 11 is 0. The van der Waals surface area contributed by atoms with Crippen LogP contribution < -0.4 is 10.1 Å². The summed E-state index contributed by atoms with van der Waals surface area (Å²) in [6, 6.07) is 7.85. The van der Waals surface area contributed by atoms with Crippen molar-refractivity contribution in [1.29, 1.82) is 0 Å². The highest BCUT2D eigenvalue weighted by Crippen LogP contribution is 2.31. The van der Waals surface area contributed by atoms with E-state index in [1.165, 1.54) is 31.4 Å². The number of phenols is 1. The van der Waals surface area contributed by atoms with E-state index in [4.69, 9.17) is 4.74 Å². The lowest BCUT2D eigenvalue weighted by Gasteiger charge is -2.18. The van der Waals surface area contributed by atoms with E-state index in [9.17, 15) is 13.9 Å². The number of methoxy groups -OCH3 is 1. The Balaban J connectivity index is 2.30. The first-order chi connectivity index (χ1) is 9.52. The first kappa shape index (κ1) is 14.1. The van der Waals surface area contributed by atoms with Crippen LogP contribution in [0.2, 0.25) is 0 Å². The molecule has 2 N–H and O–H groups in total. The Kier molecular flexibility index (Phi) is 4.08.